The van der Waals surface area contributed by atoms with Gasteiger partial charge in [0.2, 0.25) is 0 Å². The minimum atomic E-state index is -0.0171. The molecule has 0 aromatic rings. The first-order valence-corrected chi connectivity index (χ1v) is 5.12. The van der Waals surface area contributed by atoms with Crippen LogP contribution in [0.3, 0.4) is 0 Å². The fourth-order valence-corrected chi connectivity index (χ4v) is 1.93. The zero-order valence-electron chi connectivity index (χ0n) is 8.00. The summed E-state index contributed by atoms with van der Waals surface area (Å²) in [6.07, 6.45) is 6.79. The molecule has 1 aliphatic carbocycles. The van der Waals surface area contributed by atoms with Crippen molar-refractivity contribution < 1.29 is 5.11 Å². The minimum absolute atomic E-state index is 0.0171. The third-order valence-electron chi connectivity index (χ3n) is 2.85. The van der Waals surface area contributed by atoms with Crippen LogP contribution in [0.1, 0.15) is 45.4 Å². The maximum absolute atomic E-state index is 9.28. The van der Waals surface area contributed by atoms with Gasteiger partial charge in [0.15, 0.2) is 0 Å². The predicted octanol–water partition coefficient (Wildman–Crippen LogP) is 1.66. The first kappa shape index (κ1) is 10.0. The number of nitrogens with two attached hydrogens (primary N) is 1. The molecule has 0 spiro atoms. The number of hydrogen-bond acceptors (Lipinski definition) is 2. The highest BCUT2D eigenvalue weighted by molar-refractivity contribution is 4.72. The van der Waals surface area contributed by atoms with Crippen molar-refractivity contribution in [2.24, 2.45) is 11.7 Å². The lowest BCUT2D eigenvalue weighted by molar-refractivity contribution is 0.105. The van der Waals surface area contributed by atoms with Crippen molar-refractivity contribution in [1.29, 1.82) is 0 Å². The van der Waals surface area contributed by atoms with Crippen LogP contribution < -0.4 is 5.73 Å². The van der Waals surface area contributed by atoms with Crippen molar-refractivity contribution in [3.05, 3.63) is 0 Å². The zero-order valence-corrected chi connectivity index (χ0v) is 8.00. The van der Waals surface area contributed by atoms with Gasteiger partial charge in [-0.1, -0.05) is 0 Å². The quantitative estimate of drug-likeness (QED) is 0.678. The van der Waals surface area contributed by atoms with E-state index in [-0.39, 0.29) is 6.10 Å². The van der Waals surface area contributed by atoms with E-state index in [1.165, 1.54) is 19.3 Å². The second kappa shape index (κ2) is 4.83. The van der Waals surface area contributed by atoms with E-state index < -0.39 is 0 Å². The molecule has 0 amide bonds. The van der Waals surface area contributed by atoms with Crippen molar-refractivity contribution in [1.82, 2.24) is 0 Å². The SMILES string of the molecule is CC(N)CCC1CCC(O)CC1. The molecule has 1 rings (SSSR count). The van der Waals surface area contributed by atoms with Crippen molar-refractivity contribution in [3.63, 3.8) is 0 Å². The lowest BCUT2D eigenvalue weighted by atomic mass is 9.84. The van der Waals surface area contributed by atoms with Crippen LogP contribution in [0.25, 0.3) is 0 Å². The van der Waals surface area contributed by atoms with Gasteiger partial charge in [-0.3, -0.25) is 0 Å². The molecule has 12 heavy (non-hydrogen) atoms. The first-order valence-electron chi connectivity index (χ1n) is 5.12. The molecule has 2 nitrogen and oxygen atoms in total. The number of aliphatic hydroxyl groups excluding tert-OH is 1. The van der Waals surface area contributed by atoms with Crippen molar-refractivity contribution in [3.8, 4) is 0 Å². The third-order valence-corrected chi connectivity index (χ3v) is 2.85. The summed E-state index contributed by atoms with van der Waals surface area (Å²) in [4.78, 5) is 0. The summed E-state index contributed by atoms with van der Waals surface area (Å²) in [6.45, 7) is 2.07. The summed E-state index contributed by atoms with van der Waals surface area (Å²) in [5, 5.41) is 9.28. The highest BCUT2D eigenvalue weighted by Gasteiger charge is 2.18. The molecular weight excluding hydrogens is 150 g/mol. The van der Waals surface area contributed by atoms with Gasteiger partial charge in [-0.15, -0.1) is 0 Å². The second-order valence-electron chi connectivity index (χ2n) is 4.23. The molecule has 0 bridgehead atoms. The van der Waals surface area contributed by atoms with Crippen LogP contribution in [0, 0.1) is 5.92 Å². The van der Waals surface area contributed by atoms with Crippen LogP contribution in [0.4, 0.5) is 0 Å². The first-order chi connectivity index (χ1) is 5.68. The average Bonchev–Trinajstić information content (AvgIpc) is 2.03. The molecule has 0 aromatic carbocycles. The Morgan fingerprint density at radius 1 is 1.33 bits per heavy atom. The fraction of sp³-hybridized carbons (Fsp3) is 1.00. The summed E-state index contributed by atoms with van der Waals surface area (Å²) in [7, 11) is 0. The normalized spacial score (nSPS) is 33.2. The molecule has 0 aliphatic heterocycles. The maximum atomic E-state index is 9.28. The topological polar surface area (TPSA) is 46.2 Å². The van der Waals surface area contributed by atoms with Crippen LogP contribution in [0.2, 0.25) is 0 Å². The Labute approximate surface area is 75.2 Å². The molecule has 0 radical (unpaired) electrons. The zero-order chi connectivity index (χ0) is 8.97. The van der Waals surface area contributed by atoms with Crippen molar-refractivity contribution in [2.45, 2.75) is 57.6 Å². The largest absolute Gasteiger partial charge is 0.393 e. The van der Waals surface area contributed by atoms with Crippen LogP contribution >= 0.6 is 0 Å². The highest BCUT2D eigenvalue weighted by atomic mass is 16.3. The Bertz CT molecular complexity index is 117. The molecule has 72 valence electrons. The van der Waals surface area contributed by atoms with E-state index in [4.69, 9.17) is 5.73 Å². The van der Waals surface area contributed by atoms with Gasteiger partial charge in [0.1, 0.15) is 0 Å². The maximum Gasteiger partial charge on any atom is 0.0540 e. The Hall–Kier alpha value is -0.0800. The molecular formula is C10H21NO. The van der Waals surface area contributed by atoms with Gasteiger partial charge in [-0.2, -0.15) is 0 Å². The van der Waals surface area contributed by atoms with Crippen molar-refractivity contribution >= 4 is 0 Å². The molecule has 1 aliphatic rings. The summed E-state index contributed by atoms with van der Waals surface area (Å²) < 4.78 is 0. The lowest BCUT2D eigenvalue weighted by Crippen LogP contribution is -2.21. The molecule has 0 saturated heterocycles. The van der Waals surface area contributed by atoms with E-state index in [2.05, 4.69) is 6.92 Å². The summed E-state index contributed by atoms with van der Waals surface area (Å²) >= 11 is 0. The van der Waals surface area contributed by atoms with Crippen molar-refractivity contribution in [2.75, 3.05) is 0 Å². The summed E-state index contributed by atoms with van der Waals surface area (Å²) in [5.74, 6) is 0.833. The Morgan fingerprint density at radius 3 is 2.42 bits per heavy atom. The van der Waals surface area contributed by atoms with E-state index in [1.54, 1.807) is 0 Å². The van der Waals surface area contributed by atoms with Gasteiger partial charge in [-0.25, -0.2) is 0 Å². The van der Waals surface area contributed by atoms with E-state index in [0.717, 1.165) is 25.2 Å². The van der Waals surface area contributed by atoms with Crippen LogP contribution in [-0.4, -0.2) is 17.3 Å². The highest BCUT2D eigenvalue weighted by Crippen LogP contribution is 2.27. The van der Waals surface area contributed by atoms with Gasteiger partial charge >= 0.3 is 0 Å². The monoisotopic (exact) mass is 171 g/mol. The van der Waals surface area contributed by atoms with Crippen LogP contribution in [-0.2, 0) is 0 Å². The van der Waals surface area contributed by atoms with Crippen LogP contribution in [0.5, 0.6) is 0 Å². The smallest absolute Gasteiger partial charge is 0.0540 e. The number of hydrogen-bond donors (Lipinski definition) is 2. The van der Waals surface area contributed by atoms with Crippen LogP contribution in [0.15, 0.2) is 0 Å². The van der Waals surface area contributed by atoms with E-state index in [9.17, 15) is 5.11 Å². The van der Waals surface area contributed by atoms with Gasteiger partial charge in [0, 0.05) is 6.04 Å². The Kier molecular flexibility index (Phi) is 4.02. The van der Waals surface area contributed by atoms with E-state index in [1.807, 2.05) is 0 Å². The summed E-state index contributed by atoms with van der Waals surface area (Å²) in [5.41, 5.74) is 5.69. The van der Waals surface area contributed by atoms with E-state index >= 15 is 0 Å². The lowest BCUT2D eigenvalue weighted by Gasteiger charge is -2.25. The fourth-order valence-electron chi connectivity index (χ4n) is 1.93. The predicted molar refractivity (Wildman–Crippen MR) is 50.8 cm³/mol. The minimum Gasteiger partial charge on any atom is -0.393 e. The van der Waals surface area contributed by atoms with E-state index in [0.29, 0.717) is 6.04 Å². The Balaban J connectivity index is 2.09. The van der Waals surface area contributed by atoms with Gasteiger partial charge < -0.3 is 10.8 Å². The third kappa shape index (κ3) is 3.55. The second-order valence-corrected chi connectivity index (χ2v) is 4.23. The summed E-state index contributed by atoms with van der Waals surface area (Å²) in [6, 6.07) is 0.344. The average molecular weight is 171 g/mol. The van der Waals surface area contributed by atoms with Gasteiger partial charge in [-0.05, 0) is 51.4 Å². The molecule has 2 heteroatoms. The molecule has 0 aromatic heterocycles. The molecule has 1 atom stereocenters. The molecule has 1 fully saturated rings. The molecule has 1 unspecified atom stereocenters. The van der Waals surface area contributed by atoms with Gasteiger partial charge in [0.05, 0.1) is 6.10 Å². The Morgan fingerprint density at radius 2 is 1.92 bits per heavy atom. The number of aliphatic hydroxyl groups is 1. The molecule has 0 heterocycles. The van der Waals surface area contributed by atoms with Gasteiger partial charge in [0.25, 0.3) is 0 Å². The standard InChI is InChI=1S/C10H21NO/c1-8(11)2-3-9-4-6-10(12)7-5-9/h8-10,12H,2-7,11H2,1H3. The molecule has 1 saturated carbocycles. The molecule has 3 N–H and O–H groups in total. The number of rotatable bonds is 3.